The van der Waals surface area contributed by atoms with Gasteiger partial charge in [0.1, 0.15) is 0 Å². The highest BCUT2D eigenvalue weighted by atomic mass is 16.1. The van der Waals surface area contributed by atoms with Gasteiger partial charge in [0.2, 0.25) is 5.91 Å². The van der Waals surface area contributed by atoms with Crippen molar-refractivity contribution in [3.8, 4) is 0 Å². The number of carbonyl (C=O) groups excluding carboxylic acids is 1. The van der Waals surface area contributed by atoms with Gasteiger partial charge in [0, 0.05) is 30.0 Å². The number of rotatable bonds is 2. The lowest BCUT2D eigenvalue weighted by molar-refractivity contribution is -0.119. The van der Waals surface area contributed by atoms with Crippen LogP contribution in [0.1, 0.15) is 39.0 Å². The maximum Gasteiger partial charge on any atom is 0.217 e. The first-order valence-electron chi connectivity index (χ1n) is 6.23. The molecule has 0 saturated carbocycles. The highest BCUT2D eigenvalue weighted by Crippen LogP contribution is 2.27. The van der Waals surface area contributed by atoms with Crippen LogP contribution in [0.15, 0.2) is 24.3 Å². The molecular weight excluding hydrogens is 224 g/mol. The summed E-state index contributed by atoms with van der Waals surface area (Å²) in [6.45, 7) is 8.66. The van der Waals surface area contributed by atoms with Crippen molar-refractivity contribution < 1.29 is 4.79 Å². The van der Waals surface area contributed by atoms with Crippen LogP contribution in [0.4, 0.5) is 0 Å². The SMILES string of the molecule is CC(=O)NCc1cccc2cc(C(C)(C)C)[nH]c12. The zero-order chi connectivity index (χ0) is 13.3. The summed E-state index contributed by atoms with van der Waals surface area (Å²) >= 11 is 0. The Hall–Kier alpha value is -1.77. The third-order valence-corrected chi connectivity index (χ3v) is 3.08. The fourth-order valence-electron chi connectivity index (χ4n) is 1.99. The average Bonchev–Trinajstić information content (AvgIpc) is 2.69. The van der Waals surface area contributed by atoms with Gasteiger partial charge < -0.3 is 10.3 Å². The highest BCUT2D eigenvalue weighted by Gasteiger charge is 2.17. The second kappa shape index (κ2) is 4.48. The number of H-pyrrole nitrogens is 1. The molecule has 0 bridgehead atoms. The molecule has 96 valence electrons. The second-order valence-electron chi connectivity index (χ2n) is 5.72. The molecule has 1 aromatic heterocycles. The minimum absolute atomic E-state index is 0.00500. The van der Waals surface area contributed by atoms with E-state index in [1.165, 1.54) is 18.0 Å². The Morgan fingerprint density at radius 3 is 2.67 bits per heavy atom. The molecule has 3 nitrogen and oxygen atoms in total. The third kappa shape index (κ3) is 2.55. The standard InChI is InChI=1S/C15H20N2O/c1-10(18)16-9-12-7-5-6-11-8-13(15(2,3)4)17-14(11)12/h5-8,17H,9H2,1-4H3,(H,16,18). The topological polar surface area (TPSA) is 44.9 Å². The number of aromatic nitrogens is 1. The van der Waals surface area contributed by atoms with Gasteiger partial charge in [0.25, 0.3) is 0 Å². The smallest absolute Gasteiger partial charge is 0.217 e. The molecule has 1 aromatic carbocycles. The van der Waals surface area contributed by atoms with Crippen molar-refractivity contribution in [3.63, 3.8) is 0 Å². The molecule has 18 heavy (non-hydrogen) atoms. The summed E-state index contributed by atoms with van der Waals surface area (Å²) in [6, 6.07) is 8.35. The molecule has 0 atom stereocenters. The van der Waals surface area contributed by atoms with E-state index in [-0.39, 0.29) is 11.3 Å². The van der Waals surface area contributed by atoms with Crippen LogP contribution >= 0.6 is 0 Å². The van der Waals surface area contributed by atoms with Gasteiger partial charge in [0.05, 0.1) is 5.52 Å². The predicted octanol–water partition coefficient (Wildman–Crippen LogP) is 3.10. The van der Waals surface area contributed by atoms with Gasteiger partial charge in [-0.05, 0) is 11.6 Å². The molecule has 0 aliphatic rings. The number of hydrogen-bond acceptors (Lipinski definition) is 1. The van der Waals surface area contributed by atoms with Crippen molar-refractivity contribution >= 4 is 16.8 Å². The normalized spacial score (nSPS) is 11.8. The number of carbonyl (C=O) groups is 1. The van der Waals surface area contributed by atoms with Crippen LogP contribution in [0.5, 0.6) is 0 Å². The maximum atomic E-state index is 11.0. The molecule has 3 heteroatoms. The average molecular weight is 244 g/mol. The number of hydrogen-bond donors (Lipinski definition) is 2. The number of para-hydroxylation sites is 1. The van der Waals surface area contributed by atoms with Crippen molar-refractivity contribution in [3.05, 3.63) is 35.5 Å². The summed E-state index contributed by atoms with van der Waals surface area (Å²) in [5.74, 6) is -0.00500. The van der Waals surface area contributed by atoms with E-state index >= 15 is 0 Å². The first-order valence-corrected chi connectivity index (χ1v) is 6.23. The minimum Gasteiger partial charge on any atom is -0.358 e. The van der Waals surface area contributed by atoms with Crippen LogP contribution in [0.3, 0.4) is 0 Å². The molecule has 1 amide bonds. The van der Waals surface area contributed by atoms with E-state index in [2.05, 4.69) is 43.2 Å². The van der Waals surface area contributed by atoms with Crippen LogP contribution in [0, 0.1) is 0 Å². The summed E-state index contributed by atoms with van der Waals surface area (Å²) in [5.41, 5.74) is 3.56. The Morgan fingerprint density at radius 2 is 2.06 bits per heavy atom. The van der Waals surface area contributed by atoms with E-state index in [0.29, 0.717) is 6.54 Å². The first-order chi connectivity index (χ1) is 8.38. The zero-order valence-electron chi connectivity index (χ0n) is 11.4. The summed E-state index contributed by atoms with van der Waals surface area (Å²) in [5, 5.41) is 4.04. The quantitative estimate of drug-likeness (QED) is 0.837. The van der Waals surface area contributed by atoms with Gasteiger partial charge in [-0.15, -0.1) is 0 Å². The second-order valence-corrected chi connectivity index (χ2v) is 5.72. The molecule has 0 radical (unpaired) electrons. The van der Waals surface area contributed by atoms with Crippen LogP contribution in [-0.2, 0) is 16.8 Å². The highest BCUT2D eigenvalue weighted by molar-refractivity contribution is 5.84. The molecule has 0 aliphatic carbocycles. The summed E-state index contributed by atoms with van der Waals surface area (Å²) in [7, 11) is 0. The predicted molar refractivity (Wildman–Crippen MR) is 74.5 cm³/mol. The number of nitrogens with one attached hydrogen (secondary N) is 2. The molecule has 0 aliphatic heterocycles. The summed E-state index contributed by atoms with van der Waals surface area (Å²) in [4.78, 5) is 14.5. The molecule has 0 fully saturated rings. The van der Waals surface area contributed by atoms with E-state index in [4.69, 9.17) is 0 Å². The van der Waals surface area contributed by atoms with Gasteiger partial charge in [0.15, 0.2) is 0 Å². The number of aromatic amines is 1. The molecule has 0 unspecified atom stereocenters. The van der Waals surface area contributed by atoms with Crippen molar-refractivity contribution in [2.45, 2.75) is 39.7 Å². The number of fused-ring (bicyclic) bond motifs is 1. The largest absolute Gasteiger partial charge is 0.358 e. The monoisotopic (exact) mass is 244 g/mol. The molecular formula is C15H20N2O. The molecule has 2 N–H and O–H groups in total. The maximum absolute atomic E-state index is 11.0. The van der Waals surface area contributed by atoms with Gasteiger partial charge in [-0.1, -0.05) is 39.0 Å². The lowest BCUT2D eigenvalue weighted by Gasteiger charge is -2.15. The van der Waals surface area contributed by atoms with Gasteiger partial charge >= 0.3 is 0 Å². The van der Waals surface area contributed by atoms with Crippen molar-refractivity contribution in [2.75, 3.05) is 0 Å². The number of benzene rings is 1. The Labute approximate surface area is 108 Å². The summed E-state index contributed by atoms with van der Waals surface area (Å²) < 4.78 is 0. The van der Waals surface area contributed by atoms with Crippen molar-refractivity contribution in [1.29, 1.82) is 0 Å². The molecule has 2 rings (SSSR count). The van der Waals surface area contributed by atoms with Crippen molar-refractivity contribution in [2.24, 2.45) is 0 Å². The van der Waals surface area contributed by atoms with E-state index < -0.39 is 0 Å². The zero-order valence-corrected chi connectivity index (χ0v) is 11.4. The van der Waals surface area contributed by atoms with E-state index in [0.717, 1.165) is 11.1 Å². The van der Waals surface area contributed by atoms with Crippen LogP contribution in [0.2, 0.25) is 0 Å². The molecule has 0 spiro atoms. The number of amides is 1. The minimum atomic E-state index is -0.00500. The van der Waals surface area contributed by atoms with E-state index in [9.17, 15) is 4.79 Å². The Morgan fingerprint density at radius 1 is 1.33 bits per heavy atom. The third-order valence-electron chi connectivity index (χ3n) is 3.08. The Bertz CT molecular complexity index is 576. The van der Waals surface area contributed by atoms with E-state index in [1.54, 1.807) is 0 Å². The Balaban J connectivity index is 2.42. The Kier molecular flexibility index (Phi) is 3.16. The molecule has 2 aromatic rings. The lowest BCUT2D eigenvalue weighted by Crippen LogP contribution is -2.19. The van der Waals surface area contributed by atoms with Crippen LogP contribution < -0.4 is 5.32 Å². The molecule has 1 heterocycles. The fraction of sp³-hybridized carbons (Fsp3) is 0.400. The lowest BCUT2D eigenvalue weighted by atomic mass is 9.92. The first kappa shape index (κ1) is 12.7. The van der Waals surface area contributed by atoms with Gasteiger partial charge in [-0.25, -0.2) is 0 Å². The van der Waals surface area contributed by atoms with Crippen molar-refractivity contribution in [1.82, 2.24) is 10.3 Å². The van der Waals surface area contributed by atoms with Gasteiger partial charge in [-0.2, -0.15) is 0 Å². The van der Waals surface area contributed by atoms with Gasteiger partial charge in [-0.3, -0.25) is 4.79 Å². The van der Waals surface area contributed by atoms with E-state index in [1.807, 2.05) is 12.1 Å². The van der Waals surface area contributed by atoms with Crippen LogP contribution in [0.25, 0.3) is 10.9 Å². The fourth-order valence-corrected chi connectivity index (χ4v) is 1.99. The molecule has 0 saturated heterocycles. The van der Waals surface area contributed by atoms with Crippen LogP contribution in [-0.4, -0.2) is 10.9 Å². The summed E-state index contributed by atoms with van der Waals surface area (Å²) in [6.07, 6.45) is 0.